The second-order valence-electron chi connectivity index (χ2n) is 5.94. The molecule has 1 fully saturated rings. The molecule has 23 heavy (non-hydrogen) atoms. The number of aromatic nitrogens is 2. The van der Waals surface area contributed by atoms with Crippen LogP contribution in [-0.2, 0) is 0 Å². The number of nitrogens with zero attached hydrogens (tertiary/aromatic N) is 3. The number of hydrogen-bond donors (Lipinski definition) is 2. The third-order valence-corrected chi connectivity index (χ3v) is 4.42. The molecule has 0 aliphatic carbocycles. The number of rotatable bonds is 4. The van der Waals surface area contributed by atoms with E-state index in [1.807, 2.05) is 31.6 Å². The van der Waals surface area contributed by atoms with Crippen molar-refractivity contribution in [2.75, 3.05) is 30.4 Å². The zero-order valence-corrected chi connectivity index (χ0v) is 13.5. The Morgan fingerprint density at radius 1 is 1.22 bits per heavy atom. The summed E-state index contributed by atoms with van der Waals surface area (Å²) < 4.78 is 0. The quantitative estimate of drug-likeness (QED) is 0.909. The molecular weight excluding hydrogens is 286 g/mol. The van der Waals surface area contributed by atoms with Gasteiger partial charge in [0.2, 0.25) is 5.95 Å². The Labute approximate surface area is 137 Å². The summed E-state index contributed by atoms with van der Waals surface area (Å²) in [6.07, 6.45) is 5.82. The Morgan fingerprint density at radius 2 is 1.91 bits per heavy atom. The zero-order chi connectivity index (χ0) is 16.2. The minimum Gasteiger partial charge on any atom is -0.402 e. The van der Waals surface area contributed by atoms with Crippen LogP contribution in [0.2, 0.25) is 0 Å². The van der Waals surface area contributed by atoms with Crippen molar-refractivity contribution in [1.82, 2.24) is 9.97 Å². The van der Waals surface area contributed by atoms with E-state index in [-0.39, 0.29) is 0 Å². The lowest BCUT2D eigenvalue weighted by Crippen LogP contribution is -2.36. The number of piperidine rings is 1. The predicted octanol–water partition coefficient (Wildman–Crippen LogP) is 2.87. The first-order valence-electron chi connectivity index (χ1n) is 7.97. The van der Waals surface area contributed by atoms with Gasteiger partial charge in [-0.05, 0) is 30.5 Å². The van der Waals surface area contributed by atoms with Crippen molar-refractivity contribution in [1.29, 1.82) is 0 Å². The van der Waals surface area contributed by atoms with Gasteiger partial charge in [-0.2, -0.15) is 0 Å². The van der Waals surface area contributed by atoms with Crippen molar-refractivity contribution in [3.8, 4) is 11.1 Å². The predicted molar refractivity (Wildman–Crippen MR) is 95.3 cm³/mol. The molecule has 120 valence electrons. The van der Waals surface area contributed by atoms with Crippen LogP contribution in [0.3, 0.4) is 0 Å². The Kier molecular flexibility index (Phi) is 4.46. The highest BCUT2D eigenvalue weighted by Gasteiger charge is 2.21. The molecule has 3 N–H and O–H groups in total. The number of nitrogens with one attached hydrogen (secondary N) is 1. The van der Waals surface area contributed by atoms with Gasteiger partial charge in [0.25, 0.3) is 0 Å². The third kappa shape index (κ3) is 3.44. The average molecular weight is 309 g/mol. The number of allylic oxidation sites excluding steroid dienone is 1. The summed E-state index contributed by atoms with van der Waals surface area (Å²) >= 11 is 0. The van der Waals surface area contributed by atoms with Crippen LogP contribution in [-0.4, -0.2) is 30.1 Å². The topological polar surface area (TPSA) is 67.1 Å². The molecule has 0 unspecified atom stereocenters. The van der Waals surface area contributed by atoms with Gasteiger partial charge in [-0.3, -0.25) is 0 Å². The van der Waals surface area contributed by atoms with Gasteiger partial charge in [-0.25, -0.2) is 9.97 Å². The van der Waals surface area contributed by atoms with E-state index < -0.39 is 0 Å². The summed E-state index contributed by atoms with van der Waals surface area (Å²) in [5.41, 5.74) is 9.82. The van der Waals surface area contributed by atoms with Crippen molar-refractivity contribution < 1.29 is 0 Å². The molecule has 0 saturated carbocycles. The summed E-state index contributed by atoms with van der Waals surface area (Å²) in [5, 5.41) is 3.15. The van der Waals surface area contributed by atoms with Gasteiger partial charge in [-0.1, -0.05) is 18.7 Å². The first-order chi connectivity index (χ1) is 11.2. The Bertz CT molecular complexity index is 672. The molecule has 0 amide bonds. The Balaban J connectivity index is 1.71. The lowest BCUT2D eigenvalue weighted by molar-refractivity contribution is 0.452. The molecule has 0 bridgehead atoms. The van der Waals surface area contributed by atoms with Crippen molar-refractivity contribution in [2.24, 2.45) is 11.7 Å². The van der Waals surface area contributed by atoms with E-state index in [2.05, 4.69) is 38.9 Å². The van der Waals surface area contributed by atoms with E-state index >= 15 is 0 Å². The molecule has 1 aliphatic heterocycles. The first-order valence-corrected chi connectivity index (χ1v) is 7.97. The smallest absolute Gasteiger partial charge is 0.225 e. The van der Waals surface area contributed by atoms with Crippen LogP contribution in [0.1, 0.15) is 12.8 Å². The molecule has 5 nitrogen and oxygen atoms in total. The standard InChI is InChI=1S/C18H23N5/c1-13(19)14-6-8-23(9-7-14)18-21-11-16(12-22-18)15-4-3-5-17(10-15)20-2/h3-5,10-12,14,20H,1,6-9,19H2,2H3. The lowest BCUT2D eigenvalue weighted by atomic mass is 9.95. The van der Waals surface area contributed by atoms with Crippen LogP contribution < -0.4 is 16.0 Å². The van der Waals surface area contributed by atoms with Crippen molar-refractivity contribution in [3.05, 3.63) is 48.9 Å². The average Bonchev–Trinajstić information content (AvgIpc) is 2.62. The molecular formula is C18H23N5. The zero-order valence-electron chi connectivity index (χ0n) is 13.5. The van der Waals surface area contributed by atoms with Crippen LogP contribution in [0.5, 0.6) is 0 Å². The van der Waals surface area contributed by atoms with Gasteiger partial charge < -0.3 is 16.0 Å². The highest BCUT2D eigenvalue weighted by Crippen LogP contribution is 2.25. The molecule has 1 aromatic heterocycles. The van der Waals surface area contributed by atoms with Crippen molar-refractivity contribution in [2.45, 2.75) is 12.8 Å². The fourth-order valence-electron chi connectivity index (χ4n) is 2.94. The van der Waals surface area contributed by atoms with Gasteiger partial charge in [0, 0.05) is 55.4 Å². The number of anilines is 2. The molecule has 2 aromatic rings. The van der Waals surface area contributed by atoms with E-state index in [4.69, 9.17) is 5.73 Å². The summed E-state index contributed by atoms with van der Waals surface area (Å²) in [6, 6.07) is 8.22. The van der Waals surface area contributed by atoms with Crippen LogP contribution in [0.15, 0.2) is 48.9 Å². The molecule has 2 heterocycles. The maximum Gasteiger partial charge on any atom is 0.225 e. The largest absolute Gasteiger partial charge is 0.402 e. The second-order valence-corrected chi connectivity index (χ2v) is 5.94. The fraction of sp³-hybridized carbons (Fsp3) is 0.333. The van der Waals surface area contributed by atoms with Gasteiger partial charge in [0.1, 0.15) is 0 Å². The van der Waals surface area contributed by atoms with Crippen LogP contribution in [0.25, 0.3) is 11.1 Å². The SMILES string of the molecule is C=C(N)C1CCN(c2ncc(-c3cccc(NC)c3)cn2)CC1. The Morgan fingerprint density at radius 3 is 2.52 bits per heavy atom. The number of benzene rings is 1. The first kappa shape index (κ1) is 15.3. The maximum atomic E-state index is 5.81. The normalized spacial score (nSPS) is 15.4. The lowest BCUT2D eigenvalue weighted by Gasteiger charge is -2.31. The second kappa shape index (κ2) is 6.69. The monoisotopic (exact) mass is 309 g/mol. The van der Waals surface area contributed by atoms with Gasteiger partial charge in [0.15, 0.2) is 0 Å². The van der Waals surface area contributed by atoms with E-state index in [0.29, 0.717) is 5.92 Å². The molecule has 1 saturated heterocycles. The van der Waals surface area contributed by atoms with E-state index in [0.717, 1.165) is 54.4 Å². The summed E-state index contributed by atoms with van der Waals surface area (Å²) in [6.45, 7) is 5.71. The molecule has 0 radical (unpaired) electrons. The van der Waals surface area contributed by atoms with Crippen LogP contribution >= 0.6 is 0 Å². The summed E-state index contributed by atoms with van der Waals surface area (Å²) in [7, 11) is 1.92. The maximum absolute atomic E-state index is 5.81. The minimum absolute atomic E-state index is 0.426. The molecule has 3 rings (SSSR count). The van der Waals surface area contributed by atoms with Gasteiger partial charge in [0.05, 0.1) is 0 Å². The summed E-state index contributed by atoms with van der Waals surface area (Å²) in [5.74, 6) is 1.22. The van der Waals surface area contributed by atoms with Gasteiger partial charge in [-0.15, -0.1) is 0 Å². The van der Waals surface area contributed by atoms with Gasteiger partial charge >= 0.3 is 0 Å². The summed E-state index contributed by atoms with van der Waals surface area (Å²) in [4.78, 5) is 11.3. The van der Waals surface area contributed by atoms with E-state index in [1.165, 1.54) is 0 Å². The molecule has 1 aliphatic rings. The molecule has 0 spiro atoms. The molecule has 1 aromatic carbocycles. The molecule has 5 heteroatoms. The fourth-order valence-corrected chi connectivity index (χ4v) is 2.94. The Hall–Kier alpha value is -2.56. The van der Waals surface area contributed by atoms with E-state index in [9.17, 15) is 0 Å². The highest BCUT2D eigenvalue weighted by molar-refractivity contribution is 5.67. The molecule has 0 atom stereocenters. The number of hydrogen-bond acceptors (Lipinski definition) is 5. The van der Waals surface area contributed by atoms with Crippen LogP contribution in [0.4, 0.5) is 11.6 Å². The van der Waals surface area contributed by atoms with E-state index in [1.54, 1.807) is 0 Å². The van der Waals surface area contributed by atoms with Crippen molar-refractivity contribution in [3.63, 3.8) is 0 Å². The highest BCUT2D eigenvalue weighted by atomic mass is 15.2. The number of nitrogens with two attached hydrogens (primary N) is 1. The third-order valence-electron chi connectivity index (χ3n) is 4.42. The van der Waals surface area contributed by atoms with Crippen molar-refractivity contribution >= 4 is 11.6 Å². The minimum atomic E-state index is 0.426. The van der Waals surface area contributed by atoms with Crippen LogP contribution in [0, 0.1) is 5.92 Å².